The maximum atomic E-state index is 13.0. The molecule has 0 radical (unpaired) electrons. The Morgan fingerprint density at radius 1 is 1.10 bits per heavy atom. The van der Waals surface area contributed by atoms with E-state index in [-0.39, 0.29) is 12.5 Å². The molecule has 31 heavy (non-hydrogen) atoms. The maximum Gasteiger partial charge on any atom is 0.325 e. The Hall–Kier alpha value is -3.74. The van der Waals surface area contributed by atoms with E-state index >= 15 is 0 Å². The van der Waals surface area contributed by atoms with Crippen molar-refractivity contribution in [2.45, 2.75) is 25.8 Å². The third kappa shape index (κ3) is 3.99. The third-order valence-electron chi connectivity index (χ3n) is 5.64. The number of carbonyl (C=O) groups is 3. The number of hydrogen-bond donors (Lipinski definition) is 2. The lowest BCUT2D eigenvalue weighted by atomic mass is 9.91. The topological polar surface area (TPSA) is 91.4 Å². The van der Waals surface area contributed by atoms with Crippen LogP contribution < -0.4 is 10.6 Å². The second-order valence-corrected chi connectivity index (χ2v) is 7.90. The normalized spacial score (nSPS) is 18.3. The number of imide groups is 1. The fraction of sp³-hybridized carbons (Fsp3) is 0.250. The van der Waals surface area contributed by atoms with Gasteiger partial charge in [0.2, 0.25) is 5.91 Å². The largest absolute Gasteiger partial charge is 0.354 e. The molecular formula is C24H24N4O3. The minimum atomic E-state index is -1.18. The Labute approximate surface area is 180 Å². The number of rotatable bonds is 6. The van der Waals surface area contributed by atoms with Gasteiger partial charge >= 0.3 is 6.03 Å². The molecule has 2 heterocycles. The van der Waals surface area contributed by atoms with Gasteiger partial charge in [-0.2, -0.15) is 0 Å². The number of aryl methyl sites for hydroxylation is 1. The smallest absolute Gasteiger partial charge is 0.325 e. The molecule has 1 aromatic heterocycles. The molecule has 3 aromatic rings. The predicted molar refractivity (Wildman–Crippen MR) is 117 cm³/mol. The zero-order chi connectivity index (χ0) is 22.0. The van der Waals surface area contributed by atoms with Crippen molar-refractivity contribution in [1.29, 1.82) is 0 Å². The van der Waals surface area contributed by atoms with E-state index in [1.807, 2.05) is 61.5 Å². The van der Waals surface area contributed by atoms with Crippen molar-refractivity contribution < 1.29 is 14.4 Å². The van der Waals surface area contributed by atoms with E-state index in [9.17, 15) is 14.4 Å². The monoisotopic (exact) mass is 416 g/mol. The van der Waals surface area contributed by atoms with Crippen LogP contribution in [-0.2, 0) is 21.5 Å². The number of nitrogens with zero attached hydrogens (tertiary/aromatic N) is 2. The zero-order valence-electron chi connectivity index (χ0n) is 17.5. The number of hydrogen-bond acceptors (Lipinski definition) is 4. The molecule has 1 fully saturated rings. The lowest BCUT2D eigenvalue weighted by Crippen LogP contribution is -2.43. The van der Waals surface area contributed by atoms with Crippen LogP contribution in [0.15, 0.2) is 60.8 Å². The quantitative estimate of drug-likeness (QED) is 0.605. The predicted octanol–water partition coefficient (Wildman–Crippen LogP) is 2.67. The molecule has 0 aliphatic carbocycles. The summed E-state index contributed by atoms with van der Waals surface area (Å²) in [5.74, 6) is -0.820. The van der Waals surface area contributed by atoms with Crippen LogP contribution in [-0.4, -0.2) is 40.8 Å². The molecule has 0 spiro atoms. The van der Waals surface area contributed by atoms with Gasteiger partial charge in [0.1, 0.15) is 12.1 Å². The number of benzene rings is 2. The Morgan fingerprint density at radius 2 is 1.84 bits per heavy atom. The highest BCUT2D eigenvalue weighted by molar-refractivity contribution is 6.09. The van der Waals surface area contributed by atoms with Crippen molar-refractivity contribution in [3.05, 3.63) is 77.5 Å². The van der Waals surface area contributed by atoms with Gasteiger partial charge in [-0.1, -0.05) is 54.1 Å². The maximum absolute atomic E-state index is 13.0. The minimum Gasteiger partial charge on any atom is -0.354 e. The van der Waals surface area contributed by atoms with E-state index in [0.717, 1.165) is 26.9 Å². The summed E-state index contributed by atoms with van der Waals surface area (Å²) < 4.78 is 0. The van der Waals surface area contributed by atoms with Gasteiger partial charge in [0.05, 0.1) is 5.52 Å². The van der Waals surface area contributed by atoms with Crippen LogP contribution in [0.1, 0.15) is 23.6 Å². The van der Waals surface area contributed by atoms with Gasteiger partial charge in [-0.25, -0.2) is 4.79 Å². The van der Waals surface area contributed by atoms with Crippen molar-refractivity contribution in [3.8, 4) is 0 Å². The summed E-state index contributed by atoms with van der Waals surface area (Å²) in [6, 6.07) is 16.6. The second kappa shape index (κ2) is 8.18. The average Bonchev–Trinajstić information content (AvgIpc) is 2.98. The molecule has 7 heteroatoms. The van der Waals surface area contributed by atoms with Gasteiger partial charge in [0, 0.05) is 18.1 Å². The van der Waals surface area contributed by atoms with Crippen molar-refractivity contribution in [2.75, 3.05) is 13.1 Å². The molecule has 2 aromatic carbocycles. The summed E-state index contributed by atoms with van der Waals surface area (Å²) in [6.45, 7) is 3.67. The summed E-state index contributed by atoms with van der Waals surface area (Å²) in [4.78, 5) is 43.2. The van der Waals surface area contributed by atoms with Crippen LogP contribution in [0.4, 0.5) is 4.79 Å². The number of fused-ring (bicyclic) bond motifs is 1. The van der Waals surface area contributed by atoms with Gasteiger partial charge in [0.25, 0.3) is 5.91 Å². The Kier molecular flexibility index (Phi) is 5.42. The summed E-state index contributed by atoms with van der Waals surface area (Å²) >= 11 is 0. The Balaban J connectivity index is 1.37. The van der Waals surface area contributed by atoms with Crippen LogP contribution in [0.2, 0.25) is 0 Å². The molecule has 1 atom stereocenters. The van der Waals surface area contributed by atoms with Crippen LogP contribution in [0.3, 0.4) is 0 Å². The molecule has 0 saturated carbocycles. The molecule has 4 rings (SSSR count). The molecule has 4 amide bonds. The molecule has 2 N–H and O–H groups in total. The van der Waals surface area contributed by atoms with E-state index in [1.165, 1.54) is 0 Å². The average molecular weight is 416 g/mol. The van der Waals surface area contributed by atoms with Crippen LogP contribution >= 0.6 is 0 Å². The van der Waals surface area contributed by atoms with Gasteiger partial charge < -0.3 is 10.6 Å². The highest BCUT2D eigenvalue weighted by Crippen LogP contribution is 2.28. The first-order valence-electron chi connectivity index (χ1n) is 10.2. The highest BCUT2D eigenvalue weighted by atomic mass is 16.2. The molecule has 1 aliphatic rings. The lowest BCUT2D eigenvalue weighted by molar-refractivity contribution is -0.134. The first-order chi connectivity index (χ1) is 14.9. The van der Waals surface area contributed by atoms with E-state index < -0.39 is 17.5 Å². The molecular weight excluding hydrogens is 392 g/mol. The molecule has 158 valence electrons. The summed E-state index contributed by atoms with van der Waals surface area (Å²) in [6.07, 6.45) is 2.34. The van der Waals surface area contributed by atoms with Crippen molar-refractivity contribution in [1.82, 2.24) is 20.5 Å². The molecule has 0 unspecified atom stereocenters. The van der Waals surface area contributed by atoms with E-state index in [2.05, 4.69) is 15.6 Å². The van der Waals surface area contributed by atoms with Crippen molar-refractivity contribution in [3.63, 3.8) is 0 Å². The van der Waals surface area contributed by atoms with Crippen molar-refractivity contribution >= 4 is 28.7 Å². The Bertz CT molecular complexity index is 1150. The fourth-order valence-corrected chi connectivity index (χ4v) is 3.83. The van der Waals surface area contributed by atoms with Crippen LogP contribution in [0.5, 0.6) is 0 Å². The fourth-order valence-electron chi connectivity index (χ4n) is 3.83. The van der Waals surface area contributed by atoms with E-state index in [4.69, 9.17) is 0 Å². The number of urea groups is 1. The summed E-state index contributed by atoms with van der Waals surface area (Å²) in [7, 11) is 0. The van der Waals surface area contributed by atoms with Crippen LogP contribution in [0, 0.1) is 6.92 Å². The van der Waals surface area contributed by atoms with E-state index in [0.29, 0.717) is 18.5 Å². The molecule has 1 aliphatic heterocycles. The van der Waals surface area contributed by atoms with Crippen LogP contribution in [0.25, 0.3) is 10.9 Å². The summed E-state index contributed by atoms with van der Waals surface area (Å²) in [5, 5.41) is 6.56. The Morgan fingerprint density at radius 3 is 2.61 bits per heavy atom. The van der Waals surface area contributed by atoms with Gasteiger partial charge in [0.15, 0.2) is 0 Å². The van der Waals surface area contributed by atoms with Gasteiger partial charge in [-0.05, 0) is 37.5 Å². The summed E-state index contributed by atoms with van der Waals surface area (Å²) in [5.41, 5.74) is 2.49. The number of nitrogens with one attached hydrogen (secondary N) is 2. The molecule has 7 nitrogen and oxygen atoms in total. The minimum absolute atomic E-state index is 0.320. The zero-order valence-corrected chi connectivity index (χ0v) is 17.5. The van der Waals surface area contributed by atoms with E-state index in [1.54, 1.807) is 13.1 Å². The number of aromatic nitrogens is 1. The first-order valence-corrected chi connectivity index (χ1v) is 10.2. The molecule has 1 saturated heterocycles. The number of amides is 4. The number of para-hydroxylation sites is 1. The second-order valence-electron chi connectivity index (χ2n) is 7.90. The first kappa shape index (κ1) is 20.5. The third-order valence-corrected chi connectivity index (χ3v) is 5.64. The number of carbonyl (C=O) groups excluding carboxylic acids is 3. The SMILES string of the molecule is Cc1ccc([C@@]2(C)NC(=O)N(CC(=O)NCCc3cccc4cccnc34)C2=O)cc1. The van der Waals surface area contributed by atoms with Gasteiger partial charge in [-0.15, -0.1) is 0 Å². The highest BCUT2D eigenvalue weighted by Gasteiger charge is 2.49. The van der Waals surface area contributed by atoms with Crippen molar-refractivity contribution in [2.24, 2.45) is 0 Å². The molecule has 0 bridgehead atoms. The number of pyridine rings is 1. The van der Waals surface area contributed by atoms with Gasteiger partial charge in [-0.3, -0.25) is 19.5 Å². The standard InChI is InChI=1S/C24H24N4O3/c1-16-8-10-19(11-9-16)24(2)22(30)28(23(31)27-24)15-20(29)25-14-12-18-6-3-5-17-7-4-13-26-21(17)18/h3-11,13H,12,14-15H2,1-2H3,(H,25,29)(H,27,31)/t24-/m1/s1. The lowest BCUT2D eigenvalue weighted by Gasteiger charge is -2.22.